The van der Waals surface area contributed by atoms with Gasteiger partial charge in [-0.15, -0.1) is 0 Å². The number of likely N-dealkylation sites (N-methyl/N-ethyl adjacent to an activating group) is 1. The molecule has 1 aromatic rings. The second-order valence-electron chi connectivity index (χ2n) is 6.35. The van der Waals surface area contributed by atoms with Crippen molar-refractivity contribution in [2.75, 3.05) is 66.5 Å². The molecule has 0 spiro atoms. The molecule has 1 aliphatic rings. The van der Waals surface area contributed by atoms with Gasteiger partial charge in [-0.1, -0.05) is 12.1 Å². The van der Waals surface area contributed by atoms with Crippen LogP contribution in [-0.4, -0.2) is 82.2 Å². The lowest BCUT2D eigenvalue weighted by Gasteiger charge is -2.27. The quantitative estimate of drug-likeness (QED) is 0.650. The van der Waals surface area contributed by atoms with Gasteiger partial charge in [0.25, 0.3) is 5.91 Å². The van der Waals surface area contributed by atoms with Crippen molar-refractivity contribution in [3.63, 3.8) is 0 Å². The zero-order valence-electron chi connectivity index (χ0n) is 14.9. The maximum Gasteiger partial charge on any atom is 0.255 e. The van der Waals surface area contributed by atoms with Crippen LogP contribution in [0.1, 0.15) is 16.8 Å². The topological polar surface area (TPSA) is 56.8 Å². The van der Waals surface area contributed by atoms with Gasteiger partial charge in [-0.3, -0.25) is 4.79 Å². The molecule has 2 N–H and O–H groups in total. The molecule has 24 heavy (non-hydrogen) atoms. The molecule has 1 heterocycles. The number of rotatable bonds is 9. The average molecular weight is 334 g/mol. The number of hydrogen-bond donors (Lipinski definition) is 2. The van der Waals surface area contributed by atoms with E-state index in [0.29, 0.717) is 24.5 Å². The van der Waals surface area contributed by atoms with E-state index in [1.54, 1.807) is 0 Å². The molecule has 0 saturated carbocycles. The van der Waals surface area contributed by atoms with Crippen LogP contribution in [-0.2, 0) is 0 Å². The van der Waals surface area contributed by atoms with E-state index in [1.165, 1.54) is 0 Å². The van der Waals surface area contributed by atoms with Gasteiger partial charge in [0.05, 0.1) is 5.56 Å². The van der Waals surface area contributed by atoms with Gasteiger partial charge >= 0.3 is 0 Å². The monoisotopic (exact) mass is 334 g/mol. The van der Waals surface area contributed by atoms with Gasteiger partial charge in [-0.25, -0.2) is 0 Å². The Morgan fingerprint density at radius 3 is 2.79 bits per heavy atom. The van der Waals surface area contributed by atoms with Gasteiger partial charge in [0.2, 0.25) is 0 Å². The summed E-state index contributed by atoms with van der Waals surface area (Å²) in [5.41, 5.74) is 0.610. The van der Waals surface area contributed by atoms with Gasteiger partial charge in [-0.2, -0.15) is 0 Å². The molecule has 0 aliphatic carbocycles. The third-order valence-corrected chi connectivity index (χ3v) is 4.07. The molecule has 2 rings (SSSR count). The van der Waals surface area contributed by atoms with Crippen molar-refractivity contribution >= 4 is 5.91 Å². The summed E-state index contributed by atoms with van der Waals surface area (Å²) in [5, 5.41) is 6.35. The fourth-order valence-electron chi connectivity index (χ4n) is 2.65. The summed E-state index contributed by atoms with van der Waals surface area (Å²) >= 11 is 0. The number of amides is 1. The third kappa shape index (κ3) is 6.47. The van der Waals surface area contributed by atoms with Crippen LogP contribution in [0.25, 0.3) is 0 Å². The van der Waals surface area contributed by atoms with Gasteiger partial charge in [0.15, 0.2) is 0 Å². The highest BCUT2D eigenvalue weighted by Gasteiger charge is 2.12. The molecule has 0 aromatic heterocycles. The molecule has 0 atom stereocenters. The standard InChI is InChI=1S/C18H30N4O2/c1-21(2)14-15-24-17-7-4-3-6-16(17)18(23)20-8-5-11-22-12-9-19-10-13-22/h3-4,6-7,19H,5,8-15H2,1-2H3,(H,20,23). The number of carbonyl (C=O) groups excluding carboxylic acids is 1. The Morgan fingerprint density at radius 2 is 2.04 bits per heavy atom. The van der Waals surface area contributed by atoms with E-state index in [1.807, 2.05) is 38.4 Å². The fourth-order valence-corrected chi connectivity index (χ4v) is 2.65. The van der Waals surface area contributed by atoms with E-state index in [4.69, 9.17) is 4.74 Å². The molecule has 6 heteroatoms. The largest absolute Gasteiger partial charge is 0.491 e. The lowest BCUT2D eigenvalue weighted by molar-refractivity contribution is 0.0947. The van der Waals surface area contributed by atoms with Crippen molar-refractivity contribution in [1.82, 2.24) is 20.4 Å². The molecule has 134 valence electrons. The van der Waals surface area contributed by atoms with Crippen LogP contribution >= 0.6 is 0 Å². The average Bonchev–Trinajstić information content (AvgIpc) is 2.59. The Morgan fingerprint density at radius 1 is 1.29 bits per heavy atom. The van der Waals surface area contributed by atoms with Gasteiger partial charge in [-0.05, 0) is 39.2 Å². The highest BCUT2D eigenvalue weighted by Crippen LogP contribution is 2.17. The normalized spacial score (nSPS) is 15.5. The summed E-state index contributed by atoms with van der Waals surface area (Å²) < 4.78 is 5.75. The van der Waals surface area contributed by atoms with Crippen molar-refractivity contribution in [1.29, 1.82) is 0 Å². The number of ether oxygens (including phenoxy) is 1. The van der Waals surface area contributed by atoms with Gasteiger partial charge in [0, 0.05) is 39.3 Å². The first-order chi connectivity index (χ1) is 11.7. The Bertz CT molecular complexity index is 502. The molecule has 1 aromatic carbocycles. The van der Waals surface area contributed by atoms with Crippen LogP contribution in [0.3, 0.4) is 0 Å². The molecule has 1 saturated heterocycles. The van der Waals surface area contributed by atoms with Crippen molar-refractivity contribution in [3.8, 4) is 5.75 Å². The fraction of sp³-hybridized carbons (Fsp3) is 0.611. The first-order valence-corrected chi connectivity index (χ1v) is 8.74. The predicted octanol–water partition coefficient (Wildman–Crippen LogP) is 0.652. The molecule has 0 bridgehead atoms. The SMILES string of the molecule is CN(C)CCOc1ccccc1C(=O)NCCCN1CCNCC1. The number of nitrogens with zero attached hydrogens (tertiary/aromatic N) is 2. The molecule has 0 radical (unpaired) electrons. The summed E-state index contributed by atoms with van der Waals surface area (Å²) in [6.45, 7) is 7.42. The highest BCUT2D eigenvalue weighted by atomic mass is 16.5. The van der Waals surface area contributed by atoms with E-state index in [-0.39, 0.29) is 5.91 Å². The third-order valence-electron chi connectivity index (χ3n) is 4.07. The van der Waals surface area contributed by atoms with E-state index >= 15 is 0 Å². The molecule has 6 nitrogen and oxygen atoms in total. The minimum absolute atomic E-state index is 0.0595. The summed E-state index contributed by atoms with van der Waals surface area (Å²) in [6.07, 6.45) is 0.968. The number of para-hydroxylation sites is 1. The maximum atomic E-state index is 12.4. The zero-order chi connectivity index (χ0) is 17.2. The van der Waals surface area contributed by atoms with Crippen LogP contribution in [0, 0.1) is 0 Å². The van der Waals surface area contributed by atoms with Crippen molar-refractivity contribution in [2.24, 2.45) is 0 Å². The van der Waals surface area contributed by atoms with E-state index < -0.39 is 0 Å². The number of carbonyl (C=O) groups is 1. The summed E-state index contributed by atoms with van der Waals surface area (Å²) in [4.78, 5) is 16.9. The Kier molecular flexibility index (Phi) is 8.01. The number of hydrogen-bond acceptors (Lipinski definition) is 5. The van der Waals surface area contributed by atoms with Gasteiger partial charge < -0.3 is 25.2 Å². The van der Waals surface area contributed by atoms with Crippen LogP contribution in [0.2, 0.25) is 0 Å². The number of benzene rings is 1. The maximum absolute atomic E-state index is 12.4. The second kappa shape index (κ2) is 10.3. The van der Waals surface area contributed by atoms with Crippen molar-refractivity contribution in [2.45, 2.75) is 6.42 Å². The van der Waals surface area contributed by atoms with Gasteiger partial charge in [0.1, 0.15) is 12.4 Å². The van der Waals surface area contributed by atoms with Crippen LogP contribution < -0.4 is 15.4 Å². The molecule has 1 fully saturated rings. The molecule has 1 aliphatic heterocycles. The Labute approximate surface area is 145 Å². The Hall–Kier alpha value is -1.63. The summed E-state index contributed by atoms with van der Waals surface area (Å²) in [6, 6.07) is 7.43. The van der Waals surface area contributed by atoms with Crippen LogP contribution in [0.4, 0.5) is 0 Å². The van der Waals surface area contributed by atoms with Crippen molar-refractivity contribution in [3.05, 3.63) is 29.8 Å². The van der Waals surface area contributed by atoms with E-state index in [0.717, 1.165) is 45.7 Å². The predicted molar refractivity (Wildman–Crippen MR) is 96.8 cm³/mol. The molecule has 1 amide bonds. The number of nitrogens with one attached hydrogen (secondary N) is 2. The molecule has 0 unspecified atom stereocenters. The minimum atomic E-state index is -0.0595. The van der Waals surface area contributed by atoms with E-state index in [2.05, 4.69) is 20.4 Å². The summed E-state index contributed by atoms with van der Waals surface area (Å²) in [5.74, 6) is 0.592. The summed E-state index contributed by atoms with van der Waals surface area (Å²) in [7, 11) is 4.00. The molecular weight excluding hydrogens is 304 g/mol. The lowest BCUT2D eigenvalue weighted by atomic mass is 10.2. The van der Waals surface area contributed by atoms with Crippen LogP contribution in [0.15, 0.2) is 24.3 Å². The number of piperazine rings is 1. The van der Waals surface area contributed by atoms with Crippen molar-refractivity contribution < 1.29 is 9.53 Å². The first kappa shape index (κ1) is 18.7. The Balaban J connectivity index is 1.74. The molecular formula is C18H30N4O2. The second-order valence-corrected chi connectivity index (χ2v) is 6.35. The highest BCUT2D eigenvalue weighted by molar-refractivity contribution is 5.96. The van der Waals surface area contributed by atoms with E-state index in [9.17, 15) is 4.79 Å². The smallest absolute Gasteiger partial charge is 0.255 e. The van der Waals surface area contributed by atoms with Crippen LogP contribution in [0.5, 0.6) is 5.75 Å². The zero-order valence-corrected chi connectivity index (χ0v) is 14.9. The lowest BCUT2D eigenvalue weighted by Crippen LogP contribution is -2.44. The minimum Gasteiger partial charge on any atom is -0.491 e. The first-order valence-electron chi connectivity index (χ1n) is 8.74.